The van der Waals surface area contributed by atoms with Gasteiger partial charge in [0.15, 0.2) is 0 Å². The van der Waals surface area contributed by atoms with E-state index in [0.29, 0.717) is 0 Å². The lowest BCUT2D eigenvalue weighted by Crippen LogP contribution is -2.41. The Labute approximate surface area is 146 Å². The lowest BCUT2D eigenvalue weighted by atomic mass is 9.98. The highest BCUT2D eigenvalue weighted by atomic mass is 15.2. The van der Waals surface area contributed by atoms with Crippen LogP contribution < -0.4 is 5.32 Å². The summed E-state index contributed by atoms with van der Waals surface area (Å²) >= 11 is 0. The van der Waals surface area contributed by atoms with Crippen molar-refractivity contribution in [3.63, 3.8) is 0 Å². The van der Waals surface area contributed by atoms with Crippen LogP contribution in [0.25, 0.3) is 0 Å². The molecule has 3 heterocycles. The fraction of sp³-hybridized carbons (Fsp3) is 0.789. The molecule has 2 fully saturated rings. The monoisotopic (exact) mass is 331 g/mol. The van der Waals surface area contributed by atoms with Gasteiger partial charge in [0.05, 0.1) is 0 Å². The van der Waals surface area contributed by atoms with E-state index in [9.17, 15) is 0 Å². The van der Waals surface area contributed by atoms with E-state index in [0.717, 1.165) is 31.5 Å². The van der Waals surface area contributed by atoms with Crippen molar-refractivity contribution < 1.29 is 0 Å². The van der Waals surface area contributed by atoms with Crippen molar-refractivity contribution in [2.24, 2.45) is 0 Å². The molecule has 2 saturated heterocycles. The summed E-state index contributed by atoms with van der Waals surface area (Å²) < 4.78 is 0. The van der Waals surface area contributed by atoms with Gasteiger partial charge in [0.25, 0.3) is 0 Å². The van der Waals surface area contributed by atoms with Crippen molar-refractivity contribution >= 4 is 5.95 Å². The van der Waals surface area contributed by atoms with Gasteiger partial charge in [-0.25, -0.2) is 9.97 Å². The van der Waals surface area contributed by atoms with Gasteiger partial charge in [0, 0.05) is 37.1 Å². The van der Waals surface area contributed by atoms with E-state index >= 15 is 0 Å². The zero-order valence-corrected chi connectivity index (χ0v) is 15.2. The third-order valence-corrected chi connectivity index (χ3v) is 5.35. The number of nitrogens with zero attached hydrogens (tertiary/aromatic N) is 4. The van der Waals surface area contributed by atoms with E-state index in [2.05, 4.69) is 32.0 Å². The first-order valence-electron chi connectivity index (χ1n) is 9.86. The van der Waals surface area contributed by atoms with Crippen LogP contribution >= 0.6 is 0 Å². The summed E-state index contributed by atoms with van der Waals surface area (Å²) in [4.78, 5) is 14.2. The summed E-state index contributed by atoms with van der Waals surface area (Å²) in [6.07, 6.45) is 13.3. The van der Waals surface area contributed by atoms with Crippen LogP contribution in [0.3, 0.4) is 0 Å². The quantitative estimate of drug-likeness (QED) is 0.793. The predicted molar refractivity (Wildman–Crippen MR) is 99.2 cm³/mol. The smallest absolute Gasteiger partial charge is 0.222 e. The molecule has 2 aliphatic heterocycles. The Morgan fingerprint density at radius 1 is 1.08 bits per heavy atom. The molecule has 1 aromatic heterocycles. The standard InChI is InChI=1S/C19H33N5/c1-2-9-20-19-21-14-17(15-22-19)16-24-12-4-3-7-18(24)8-13-23-10-5-6-11-23/h14-15,18H,2-13,16H2,1H3,(H,20,21,22)/t18-/m0/s1. The van der Waals surface area contributed by atoms with Gasteiger partial charge in [-0.3, -0.25) is 4.90 Å². The Balaban J connectivity index is 1.50. The van der Waals surface area contributed by atoms with Crippen LogP contribution in [0.4, 0.5) is 5.95 Å². The van der Waals surface area contributed by atoms with E-state index in [1.807, 2.05) is 12.4 Å². The fourth-order valence-corrected chi connectivity index (χ4v) is 3.93. The molecule has 0 spiro atoms. The maximum Gasteiger partial charge on any atom is 0.222 e. The minimum atomic E-state index is 0.734. The molecule has 0 saturated carbocycles. The summed E-state index contributed by atoms with van der Waals surface area (Å²) in [5.41, 5.74) is 1.24. The first kappa shape index (κ1) is 17.6. The van der Waals surface area contributed by atoms with Crippen LogP contribution in [-0.2, 0) is 6.54 Å². The minimum absolute atomic E-state index is 0.734. The molecule has 1 N–H and O–H groups in total. The van der Waals surface area contributed by atoms with E-state index in [-0.39, 0.29) is 0 Å². The Bertz CT molecular complexity index is 469. The average Bonchev–Trinajstić information content (AvgIpc) is 3.14. The maximum absolute atomic E-state index is 4.46. The molecule has 0 aromatic carbocycles. The van der Waals surface area contributed by atoms with Crippen molar-refractivity contribution in [1.82, 2.24) is 19.8 Å². The summed E-state index contributed by atoms with van der Waals surface area (Å²) in [6.45, 7) is 9.21. The first-order chi connectivity index (χ1) is 11.8. The Morgan fingerprint density at radius 3 is 2.58 bits per heavy atom. The van der Waals surface area contributed by atoms with Crippen molar-refractivity contribution in [1.29, 1.82) is 0 Å². The topological polar surface area (TPSA) is 44.3 Å². The molecule has 5 heteroatoms. The second-order valence-electron chi connectivity index (χ2n) is 7.30. The molecule has 0 amide bonds. The van der Waals surface area contributed by atoms with Crippen molar-refractivity contribution in [2.75, 3.05) is 38.0 Å². The van der Waals surface area contributed by atoms with Gasteiger partial charge in [-0.05, 0) is 64.7 Å². The molecule has 1 atom stereocenters. The van der Waals surface area contributed by atoms with E-state index < -0.39 is 0 Å². The molecular formula is C19H33N5. The van der Waals surface area contributed by atoms with Crippen LogP contribution in [0.15, 0.2) is 12.4 Å². The molecule has 1 aromatic rings. The van der Waals surface area contributed by atoms with E-state index in [1.54, 1.807) is 0 Å². The highest BCUT2D eigenvalue weighted by Crippen LogP contribution is 2.23. The molecule has 0 unspecified atom stereocenters. The second kappa shape index (κ2) is 9.33. The molecule has 3 rings (SSSR count). The molecule has 0 aliphatic carbocycles. The van der Waals surface area contributed by atoms with Crippen LogP contribution in [0, 0.1) is 0 Å². The molecule has 0 bridgehead atoms. The minimum Gasteiger partial charge on any atom is -0.354 e. The SMILES string of the molecule is CCCNc1ncc(CN2CCCC[C@H]2CCN2CCCC2)cn1. The third kappa shape index (κ3) is 5.15. The molecule has 5 nitrogen and oxygen atoms in total. The largest absolute Gasteiger partial charge is 0.354 e. The van der Waals surface area contributed by atoms with Crippen LogP contribution in [0.2, 0.25) is 0 Å². The van der Waals surface area contributed by atoms with Gasteiger partial charge < -0.3 is 10.2 Å². The lowest BCUT2D eigenvalue weighted by Gasteiger charge is -2.36. The summed E-state index contributed by atoms with van der Waals surface area (Å²) in [6, 6.07) is 0.734. The Kier molecular flexibility index (Phi) is 6.85. The lowest BCUT2D eigenvalue weighted by molar-refractivity contribution is 0.121. The molecule has 134 valence electrons. The second-order valence-corrected chi connectivity index (χ2v) is 7.30. The van der Waals surface area contributed by atoms with Gasteiger partial charge >= 0.3 is 0 Å². The molecular weight excluding hydrogens is 298 g/mol. The predicted octanol–water partition coefficient (Wildman–Crippen LogP) is 3.14. The number of rotatable bonds is 8. The highest BCUT2D eigenvalue weighted by molar-refractivity contribution is 5.24. The van der Waals surface area contributed by atoms with Crippen LogP contribution in [0.5, 0.6) is 0 Å². The molecule has 2 aliphatic rings. The number of piperidine rings is 1. The zero-order valence-electron chi connectivity index (χ0n) is 15.2. The number of hydrogen-bond donors (Lipinski definition) is 1. The van der Waals surface area contributed by atoms with Crippen LogP contribution in [-0.4, -0.2) is 58.5 Å². The molecule has 0 radical (unpaired) electrons. The van der Waals surface area contributed by atoms with Crippen molar-refractivity contribution in [3.05, 3.63) is 18.0 Å². The van der Waals surface area contributed by atoms with Gasteiger partial charge in [-0.15, -0.1) is 0 Å². The number of aromatic nitrogens is 2. The van der Waals surface area contributed by atoms with Gasteiger partial charge in [-0.1, -0.05) is 13.3 Å². The normalized spacial score (nSPS) is 22.8. The average molecular weight is 332 g/mol. The third-order valence-electron chi connectivity index (χ3n) is 5.35. The van der Waals surface area contributed by atoms with Crippen molar-refractivity contribution in [3.8, 4) is 0 Å². The van der Waals surface area contributed by atoms with E-state index in [1.165, 1.54) is 70.3 Å². The number of likely N-dealkylation sites (tertiary alicyclic amines) is 2. The summed E-state index contributed by atoms with van der Waals surface area (Å²) in [5.74, 6) is 0.754. The maximum atomic E-state index is 4.46. The fourth-order valence-electron chi connectivity index (χ4n) is 3.93. The summed E-state index contributed by atoms with van der Waals surface area (Å²) in [7, 11) is 0. The van der Waals surface area contributed by atoms with Gasteiger partial charge in [-0.2, -0.15) is 0 Å². The first-order valence-corrected chi connectivity index (χ1v) is 9.86. The van der Waals surface area contributed by atoms with E-state index in [4.69, 9.17) is 0 Å². The van der Waals surface area contributed by atoms with Gasteiger partial charge in [0.1, 0.15) is 0 Å². The number of nitrogens with one attached hydrogen (secondary N) is 1. The number of hydrogen-bond acceptors (Lipinski definition) is 5. The number of anilines is 1. The van der Waals surface area contributed by atoms with Gasteiger partial charge in [0.2, 0.25) is 5.95 Å². The zero-order chi connectivity index (χ0) is 16.6. The Morgan fingerprint density at radius 2 is 1.83 bits per heavy atom. The summed E-state index contributed by atoms with van der Waals surface area (Å²) in [5, 5.41) is 3.24. The molecule has 24 heavy (non-hydrogen) atoms. The Hall–Kier alpha value is -1.20. The van der Waals surface area contributed by atoms with Crippen LogP contribution in [0.1, 0.15) is 57.4 Å². The highest BCUT2D eigenvalue weighted by Gasteiger charge is 2.23. The van der Waals surface area contributed by atoms with Crippen molar-refractivity contribution in [2.45, 2.75) is 64.5 Å².